The van der Waals surface area contributed by atoms with Crippen LogP contribution < -0.4 is 5.32 Å². The fraction of sp³-hybridized carbons (Fsp3) is 0.692. The number of nitrogens with one attached hydrogen (secondary N) is 1. The van der Waals surface area contributed by atoms with Crippen LogP contribution in [0.5, 0.6) is 0 Å². The smallest absolute Gasteiger partial charge is 0.143 e. The van der Waals surface area contributed by atoms with E-state index in [-0.39, 0.29) is 0 Å². The van der Waals surface area contributed by atoms with Crippen molar-refractivity contribution < 1.29 is 4.74 Å². The van der Waals surface area contributed by atoms with E-state index < -0.39 is 0 Å². The van der Waals surface area contributed by atoms with E-state index in [1.54, 1.807) is 0 Å². The fourth-order valence-corrected chi connectivity index (χ4v) is 3.36. The summed E-state index contributed by atoms with van der Waals surface area (Å²) in [5.74, 6) is 2.57. The van der Waals surface area contributed by atoms with Gasteiger partial charge in [-0.2, -0.15) is 0 Å². The Hall–Kier alpha value is -0.430. The Labute approximate surface area is 121 Å². The normalized spacial score (nSPS) is 23.3. The lowest BCUT2D eigenvalue weighted by Gasteiger charge is -2.13. The molecule has 1 atom stereocenters. The highest BCUT2D eigenvalue weighted by molar-refractivity contribution is 14.1. The lowest BCUT2D eigenvalue weighted by atomic mass is 10.1. The molecule has 2 fully saturated rings. The SMILES string of the molecule is CNc1nc(CC2CCCO2)nc(C2CC2)c1I. The molecule has 2 aliphatic rings. The summed E-state index contributed by atoms with van der Waals surface area (Å²) in [7, 11) is 1.93. The third kappa shape index (κ3) is 2.61. The maximum absolute atomic E-state index is 5.67. The third-order valence-electron chi connectivity index (χ3n) is 3.56. The summed E-state index contributed by atoms with van der Waals surface area (Å²) in [5, 5.41) is 3.18. The molecule has 1 saturated heterocycles. The van der Waals surface area contributed by atoms with Crippen LogP contribution in [0.2, 0.25) is 0 Å². The van der Waals surface area contributed by atoms with E-state index in [1.807, 2.05) is 7.05 Å². The van der Waals surface area contributed by atoms with Gasteiger partial charge in [-0.3, -0.25) is 0 Å². The molecule has 1 N–H and O–H groups in total. The van der Waals surface area contributed by atoms with Crippen LogP contribution >= 0.6 is 22.6 Å². The van der Waals surface area contributed by atoms with Crippen LogP contribution in [0.25, 0.3) is 0 Å². The van der Waals surface area contributed by atoms with Gasteiger partial charge >= 0.3 is 0 Å². The molecular weight excluding hydrogens is 341 g/mol. The monoisotopic (exact) mass is 359 g/mol. The minimum Gasteiger partial charge on any atom is -0.378 e. The zero-order valence-electron chi connectivity index (χ0n) is 10.6. The first-order valence-corrected chi connectivity index (χ1v) is 7.71. The molecule has 1 saturated carbocycles. The first kappa shape index (κ1) is 12.6. The Balaban J connectivity index is 1.86. The molecule has 0 aromatic carbocycles. The van der Waals surface area contributed by atoms with Gasteiger partial charge in [0.15, 0.2) is 0 Å². The largest absolute Gasteiger partial charge is 0.378 e. The van der Waals surface area contributed by atoms with Gasteiger partial charge in [0, 0.05) is 26.0 Å². The first-order chi connectivity index (χ1) is 8.78. The van der Waals surface area contributed by atoms with Crippen LogP contribution in [0.15, 0.2) is 0 Å². The summed E-state index contributed by atoms with van der Waals surface area (Å²) in [4.78, 5) is 9.38. The summed E-state index contributed by atoms with van der Waals surface area (Å²) in [6, 6.07) is 0. The molecule has 0 bridgehead atoms. The Morgan fingerprint density at radius 1 is 1.33 bits per heavy atom. The Bertz CT molecular complexity index is 442. The Morgan fingerprint density at radius 2 is 2.17 bits per heavy atom. The lowest BCUT2D eigenvalue weighted by molar-refractivity contribution is 0.110. The standard InChI is InChI=1S/C13H18IN3O/c1-15-13-11(14)12(8-4-5-8)16-10(17-13)7-9-3-2-6-18-9/h8-9H,2-7H2,1H3,(H,15,16,17). The predicted molar refractivity (Wildman–Crippen MR) is 78.9 cm³/mol. The molecule has 1 aromatic rings. The number of halogens is 1. The highest BCUT2D eigenvalue weighted by Gasteiger charge is 2.29. The van der Waals surface area contributed by atoms with Crippen molar-refractivity contribution in [1.29, 1.82) is 0 Å². The van der Waals surface area contributed by atoms with Crippen molar-refractivity contribution >= 4 is 28.4 Å². The van der Waals surface area contributed by atoms with E-state index in [0.29, 0.717) is 12.0 Å². The second kappa shape index (κ2) is 5.28. The van der Waals surface area contributed by atoms with Crippen LogP contribution in [0.3, 0.4) is 0 Å². The average molecular weight is 359 g/mol. The number of nitrogens with zero attached hydrogens (tertiary/aromatic N) is 2. The van der Waals surface area contributed by atoms with Gasteiger partial charge in [0.05, 0.1) is 15.4 Å². The van der Waals surface area contributed by atoms with Crippen molar-refractivity contribution in [2.45, 2.75) is 44.1 Å². The van der Waals surface area contributed by atoms with Crippen LogP contribution in [0, 0.1) is 3.57 Å². The van der Waals surface area contributed by atoms with E-state index in [1.165, 1.54) is 28.5 Å². The second-order valence-electron chi connectivity index (χ2n) is 5.05. The highest BCUT2D eigenvalue weighted by atomic mass is 127. The number of aromatic nitrogens is 2. The van der Waals surface area contributed by atoms with E-state index in [0.717, 1.165) is 31.1 Å². The van der Waals surface area contributed by atoms with E-state index in [9.17, 15) is 0 Å². The molecule has 1 aliphatic heterocycles. The van der Waals surface area contributed by atoms with Crippen molar-refractivity contribution in [1.82, 2.24) is 9.97 Å². The van der Waals surface area contributed by atoms with Crippen LogP contribution in [-0.2, 0) is 11.2 Å². The summed E-state index contributed by atoms with van der Waals surface area (Å²) in [5.41, 5.74) is 1.24. The zero-order chi connectivity index (χ0) is 12.5. The van der Waals surface area contributed by atoms with E-state index in [4.69, 9.17) is 9.72 Å². The maximum Gasteiger partial charge on any atom is 0.143 e. The van der Waals surface area contributed by atoms with Gasteiger partial charge in [0.2, 0.25) is 0 Å². The first-order valence-electron chi connectivity index (χ1n) is 6.63. The molecular formula is C13H18IN3O. The maximum atomic E-state index is 5.67. The molecule has 0 amide bonds. The summed E-state index contributed by atoms with van der Waals surface area (Å²) in [6.07, 6.45) is 6.03. The number of hydrogen-bond donors (Lipinski definition) is 1. The van der Waals surface area contributed by atoms with Gasteiger partial charge in [-0.15, -0.1) is 0 Å². The minimum atomic E-state index is 0.321. The van der Waals surface area contributed by atoms with Crippen molar-refractivity contribution in [3.05, 3.63) is 15.1 Å². The molecule has 1 aliphatic carbocycles. The fourth-order valence-electron chi connectivity index (χ4n) is 2.41. The number of rotatable bonds is 4. The molecule has 2 heterocycles. The molecule has 5 heteroatoms. The number of hydrogen-bond acceptors (Lipinski definition) is 4. The lowest BCUT2D eigenvalue weighted by Crippen LogP contribution is -2.14. The van der Waals surface area contributed by atoms with Gasteiger partial charge in [-0.1, -0.05) is 0 Å². The molecule has 1 aromatic heterocycles. The van der Waals surface area contributed by atoms with Gasteiger partial charge in [-0.25, -0.2) is 9.97 Å². The Morgan fingerprint density at radius 3 is 2.78 bits per heavy atom. The molecule has 3 rings (SSSR count). The summed E-state index contributed by atoms with van der Waals surface area (Å²) in [6.45, 7) is 0.892. The quantitative estimate of drug-likeness (QED) is 0.840. The highest BCUT2D eigenvalue weighted by Crippen LogP contribution is 2.42. The van der Waals surface area contributed by atoms with Crippen LogP contribution in [-0.4, -0.2) is 29.7 Å². The van der Waals surface area contributed by atoms with Crippen molar-refractivity contribution in [3.63, 3.8) is 0 Å². The third-order valence-corrected chi connectivity index (χ3v) is 4.62. The van der Waals surface area contributed by atoms with Crippen molar-refractivity contribution in [2.24, 2.45) is 0 Å². The van der Waals surface area contributed by atoms with Crippen LogP contribution in [0.4, 0.5) is 5.82 Å². The summed E-state index contributed by atoms with van der Waals surface area (Å²) >= 11 is 2.36. The molecule has 1 unspecified atom stereocenters. The van der Waals surface area contributed by atoms with Gasteiger partial charge in [0.25, 0.3) is 0 Å². The summed E-state index contributed by atoms with van der Waals surface area (Å²) < 4.78 is 6.86. The molecule has 0 radical (unpaired) electrons. The molecule has 0 spiro atoms. The zero-order valence-corrected chi connectivity index (χ0v) is 12.7. The average Bonchev–Trinajstić information content (AvgIpc) is 3.10. The predicted octanol–water partition coefficient (Wildman–Crippen LogP) is 2.72. The van der Waals surface area contributed by atoms with Gasteiger partial charge < -0.3 is 10.1 Å². The molecule has 98 valence electrons. The van der Waals surface area contributed by atoms with Crippen molar-refractivity contribution in [2.75, 3.05) is 19.0 Å². The molecule has 4 nitrogen and oxygen atoms in total. The topological polar surface area (TPSA) is 47.0 Å². The number of ether oxygens (including phenoxy) is 1. The van der Waals surface area contributed by atoms with Crippen molar-refractivity contribution in [3.8, 4) is 0 Å². The van der Waals surface area contributed by atoms with Gasteiger partial charge in [0.1, 0.15) is 11.6 Å². The van der Waals surface area contributed by atoms with E-state index in [2.05, 4.69) is 32.9 Å². The number of anilines is 1. The van der Waals surface area contributed by atoms with Crippen LogP contribution in [0.1, 0.15) is 43.1 Å². The minimum absolute atomic E-state index is 0.321. The van der Waals surface area contributed by atoms with Gasteiger partial charge in [-0.05, 0) is 48.3 Å². The second-order valence-corrected chi connectivity index (χ2v) is 6.13. The Kier molecular flexibility index (Phi) is 3.70. The van der Waals surface area contributed by atoms with E-state index >= 15 is 0 Å². The molecule has 18 heavy (non-hydrogen) atoms.